The van der Waals surface area contributed by atoms with E-state index in [0.717, 1.165) is 32.1 Å². The highest BCUT2D eigenvalue weighted by Crippen LogP contribution is 2.36. The Hall–Kier alpha value is -0.940. The van der Waals surface area contributed by atoms with Gasteiger partial charge in [0.15, 0.2) is 0 Å². The van der Waals surface area contributed by atoms with Crippen molar-refractivity contribution < 1.29 is 24.5 Å². The zero-order valence-corrected chi connectivity index (χ0v) is 13.6. The lowest BCUT2D eigenvalue weighted by atomic mass is 9.86. The molecule has 1 rings (SSSR count). The van der Waals surface area contributed by atoms with E-state index in [2.05, 4.69) is 6.92 Å². The van der Waals surface area contributed by atoms with Gasteiger partial charge in [0.2, 0.25) is 0 Å². The number of unbranched alkanes of at least 4 members (excludes halogenated alkanes) is 4. The Morgan fingerprint density at radius 3 is 2.64 bits per heavy atom. The SMILES string of the molecule is CCCCCC[C@H]1CCC(=O)[C@@H]1CCCCOC(O)C(=O)O. The lowest BCUT2D eigenvalue weighted by molar-refractivity contribution is -0.176. The summed E-state index contributed by atoms with van der Waals surface area (Å²) in [7, 11) is 0. The molecule has 2 N–H and O–H groups in total. The summed E-state index contributed by atoms with van der Waals surface area (Å²) >= 11 is 0. The van der Waals surface area contributed by atoms with Crippen molar-refractivity contribution in [1.29, 1.82) is 0 Å². The Kier molecular flexibility index (Phi) is 9.32. The molecule has 1 unspecified atom stereocenters. The van der Waals surface area contributed by atoms with E-state index in [1.165, 1.54) is 25.7 Å². The molecule has 1 saturated carbocycles. The molecule has 0 saturated heterocycles. The van der Waals surface area contributed by atoms with E-state index < -0.39 is 12.3 Å². The van der Waals surface area contributed by atoms with Gasteiger partial charge in [0.1, 0.15) is 5.78 Å². The fourth-order valence-corrected chi connectivity index (χ4v) is 3.29. The zero-order valence-electron chi connectivity index (χ0n) is 13.6. The minimum Gasteiger partial charge on any atom is -0.477 e. The van der Waals surface area contributed by atoms with Gasteiger partial charge in [0, 0.05) is 12.3 Å². The van der Waals surface area contributed by atoms with Crippen LogP contribution in [0.3, 0.4) is 0 Å². The Balaban J connectivity index is 2.18. The number of carbonyl (C=O) groups excluding carboxylic acids is 1. The number of ether oxygens (including phenoxy) is 1. The second-order valence-electron chi connectivity index (χ2n) is 6.28. The number of Topliss-reactive ketones (excluding diaryl/α,β-unsaturated/α-hetero) is 1. The first-order chi connectivity index (χ1) is 10.6. The van der Waals surface area contributed by atoms with Gasteiger partial charge < -0.3 is 14.9 Å². The van der Waals surface area contributed by atoms with Crippen LogP contribution in [0.2, 0.25) is 0 Å². The standard InChI is InChI=1S/C17H30O5/c1-2-3-4-5-8-13-10-11-15(18)14(13)9-6-7-12-22-17(21)16(19)20/h13-14,17,21H,2-12H2,1H3,(H,19,20)/t13-,14+,17?/m0/s1. The lowest BCUT2D eigenvalue weighted by Crippen LogP contribution is -2.23. The normalized spacial score (nSPS) is 22.9. The van der Waals surface area contributed by atoms with Gasteiger partial charge in [0.25, 0.3) is 6.29 Å². The summed E-state index contributed by atoms with van der Waals surface area (Å²) in [5, 5.41) is 17.5. The number of aliphatic hydroxyl groups is 1. The zero-order chi connectivity index (χ0) is 16.4. The highest BCUT2D eigenvalue weighted by Gasteiger charge is 2.33. The average molecular weight is 314 g/mol. The van der Waals surface area contributed by atoms with E-state index in [4.69, 9.17) is 14.9 Å². The van der Waals surface area contributed by atoms with E-state index >= 15 is 0 Å². The highest BCUT2D eigenvalue weighted by molar-refractivity contribution is 5.83. The molecule has 1 fully saturated rings. The largest absolute Gasteiger partial charge is 0.477 e. The Morgan fingerprint density at radius 1 is 1.23 bits per heavy atom. The molecule has 1 aliphatic carbocycles. The van der Waals surface area contributed by atoms with E-state index in [1.807, 2.05) is 0 Å². The summed E-state index contributed by atoms with van der Waals surface area (Å²) in [5.74, 6) is -0.244. The van der Waals surface area contributed by atoms with Crippen LogP contribution in [0.1, 0.15) is 71.1 Å². The van der Waals surface area contributed by atoms with Gasteiger partial charge >= 0.3 is 5.97 Å². The molecule has 0 spiro atoms. The number of carboxylic acids is 1. The lowest BCUT2D eigenvalue weighted by Gasteiger charge is -2.18. The van der Waals surface area contributed by atoms with Crippen LogP contribution in [0.4, 0.5) is 0 Å². The third-order valence-corrected chi connectivity index (χ3v) is 4.57. The molecule has 0 heterocycles. The van der Waals surface area contributed by atoms with E-state index in [-0.39, 0.29) is 12.5 Å². The molecule has 0 aromatic heterocycles. The van der Waals surface area contributed by atoms with Crippen molar-refractivity contribution in [3.05, 3.63) is 0 Å². The maximum Gasteiger partial charge on any atom is 0.360 e. The van der Waals surface area contributed by atoms with Gasteiger partial charge in [-0.25, -0.2) is 4.79 Å². The third-order valence-electron chi connectivity index (χ3n) is 4.57. The van der Waals surface area contributed by atoms with E-state index in [1.54, 1.807) is 0 Å². The topological polar surface area (TPSA) is 83.8 Å². The van der Waals surface area contributed by atoms with Crippen LogP contribution in [0, 0.1) is 11.8 Å². The van der Waals surface area contributed by atoms with Crippen molar-refractivity contribution in [2.75, 3.05) is 6.61 Å². The smallest absolute Gasteiger partial charge is 0.360 e. The van der Waals surface area contributed by atoms with Crippen molar-refractivity contribution in [2.24, 2.45) is 11.8 Å². The summed E-state index contributed by atoms with van der Waals surface area (Å²) in [6.45, 7) is 2.42. The summed E-state index contributed by atoms with van der Waals surface area (Å²) in [4.78, 5) is 22.4. The number of aliphatic hydroxyl groups excluding tert-OH is 1. The predicted octanol–water partition coefficient (Wildman–Crippen LogP) is 3.14. The Labute approximate surface area is 133 Å². The number of rotatable bonds is 12. The van der Waals surface area contributed by atoms with Crippen LogP contribution in [0.15, 0.2) is 0 Å². The molecule has 5 heteroatoms. The van der Waals surface area contributed by atoms with Crippen LogP contribution >= 0.6 is 0 Å². The number of ketones is 1. The van der Waals surface area contributed by atoms with Gasteiger partial charge in [-0.1, -0.05) is 39.0 Å². The highest BCUT2D eigenvalue weighted by atomic mass is 16.6. The predicted molar refractivity (Wildman–Crippen MR) is 83.4 cm³/mol. The fraction of sp³-hybridized carbons (Fsp3) is 0.882. The van der Waals surface area contributed by atoms with Gasteiger partial charge in [-0.3, -0.25) is 4.79 Å². The maximum atomic E-state index is 12.0. The number of aliphatic carboxylic acids is 1. The molecule has 3 atom stereocenters. The van der Waals surface area contributed by atoms with Crippen LogP contribution in [-0.2, 0) is 14.3 Å². The molecule has 1 aliphatic rings. The molecule has 22 heavy (non-hydrogen) atoms. The fourth-order valence-electron chi connectivity index (χ4n) is 3.29. The van der Waals surface area contributed by atoms with Gasteiger partial charge in [0.05, 0.1) is 6.61 Å². The first kappa shape index (κ1) is 19.1. The van der Waals surface area contributed by atoms with E-state index in [0.29, 0.717) is 18.1 Å². The molecular formula is C17H30O5. The van der Waals surface area contributed by atoms with Crippen molar-refractivity contribution in [2.45, 2.75) is 77.4 Å². The molecule has 0 aliphatic heterocycles. The minimum atomic E-state index is -1.74. The van der Waals surface area contributed by atoms with Crippen molar-refractivity contribution in [1.82, 2.24) is 0 Å². The second kappa shape index (κ2) is 10.7. The summed E-state index contributed by atoms with van der Waals surface area (Å²) in [6, 6.07) is 0. The minimum absolute atomic E-state index is 0.186. The Bertz CT molecular complexity index is 342. The quantitative estimate of drug-likeness (QED) is 0.427. The monoisotopic (exact) mass is 314 g/mol. The number of hydrogen-bond donors (Lipinski definition) is 2. The molecule has 0 aromatic carbocycles. The maximum absolute atomic E-state index is 12.0. The Morgan fingerprint density at radius 2 is 1.95 bits per heavy atom. The summed E-state index contributed by atoms with van der Waals surface area (Å²) < 4.78 is 4.78. The van der Waals surface area contributed by atoms with Crippen LogP contribution < -0.4 is 0 Å². The molecule has 0 radical (unpaired) electrons. The molecule has 5 nitrogen and oxygen atoms in total. The summed E-state index contributed by atoms with van der Waals surface area (Å²) in [6.07, 6.45) is 8.54. The van der Waals surface area contributed by atoms with Crippen LogP contribution in [0.25, 0.3) is 0 Å². The molecule has 0 bridgehead atoms. The third kappa shape index (κ3) is 6.88. The van der Waals surface area contributed by atoms with Gasteiger partial charge in [-0.05, 0) is 31.6 Å². The number of hydrogen-bond acceptors (Lipinski definition) is 4. The first-order valence-corrected chi connectivity index (χ1v) is 8.61. The number of carbonyl (C=O) groups is 2. The van der Waals surface area contributed by atoms with Crippen molar-refractivity contribution >= 4 is 11.8 Å². The van der Waals surface area contributed by atoms with Crippen molar-refractivity contribution in [3.8, 4) is 0 Å². The molecule has 128 valence electrons. The van der Waals surface area contributed by atoms with Gasteiger partial charge in [-0.15, -0.1) is 0 Å². The van der Waals surface area contributed by atoms with Crippen LogP contribution in [-0.4, -0.2) is 34.9 Å². The molecule has 0 amide bonds. The second-order valence-corrected chi connectivity index (χ2v) is 6.28. The van der Waals surface area contributed by atoms with Gasteiger partial charge in [-0.2, -0.15) is 0 Å². The summed E-state index contributed by atoms with van der Waals surface area (Å²) in [5.41, 5.74) is 0. The first-order valence-electron chi connectivity index (χ1n) is 8.61. The van der Waals surface area contributed by atoms with Crippen molar-refractivity contribution in [3.63, 3.8) is 0 Å². The average Bonchev–Trinajstić information content (AvgIpc) is 2.83. The molecule has 0 aromatic rings. The number of carboxylic acid groups (broad SMARTS) is 1. The van der Waals surface area contributed by atoms with E-state index in [9.17, 15) is 9.59 Å². The van der Waals surface area contributed by atoms with Crippen LogP contribution in [0.5, 0.6) is 0 Å². The molecular weight excluding hydrogens is 284 g/mol.